The maximum Gasteiger partial charge on any atom is 0.335 e. The number of hydrogen-bond donors (Lipinski definition) is 2. The highest BCUT2D eigenvalue weighted by molar-refractivity contribution is 7.22. The van der Waals surface area contributed by atoms with E-state index in [9.17, 15) is 9.59 Å². The molecule has 2 heterocycles. The summed E-state index contributed by atoms with van der Waals surface area (Å²) in [6.45, 7) is 3.30. The SMILES string of the molecule is Cc1cc(C(=O)N2CCC[C@H](c3ccc(C(=O)O)cc3)C2)cc2sc(N)nc12. The van der Waals surface area contributed by atoms with E-state index < -0.39 is 5.97 Å². The average Bonchev–Trinajstić information content (AvgIpc) is 3.08. The van der Waals surface area contributed by atoms with Crippen LogP contribution in [0.25, 0.3) is 10.2 Å². The molecule has 6 nitrogen and oxygen atoms in total. The van der Waals surface area contributed by atoms with Crippen LogP contribution < -0.4 is 5.73 Å². The molecule has 2 aromatic carbocycles. The maximum absolute atomic E-state index is 13.1. The van der Waals surface area contributed by atoms with E-state index in [1.807, 2.05) is 36.1 Å². The Hall–Kier alpha value is -2.93. The molecule has 0 bridgehead atoms. The van der Waals surface area contributed by atoms with Crippen molar-refractivity contribution in [2.45, 2.75) is 25.7 Å². The van der Waals surface area contributed by atoms with Crippen LogP contribution in [0.2, 0.25) is 0 Å². The second-order valence-electron chi connectivity index (χ2n) is 7.21. The van der Waals surface area contributed by atoms with E-state index >= 15 is 0 Å². The lowest BCUT2D eigenvalue weighted by atomic mass is 9.89. The minimum absolute atomic E-state index is 0.0174. The number of likely N-dealkylation sites (tertiary alicyclic amines) is 1. The van der Waals surface area contributed by atoms with Crippen LogP contribution in [0.5, 0.6) is 0 Å². The lowest BCUT2D eigenvalue weighted by Crippen LogP contribution is -2.39. The minimum Gasteiger partial charge on any atom is -0.478 e. The summed E-state index contributed by atoms with van der Waals surface area (Å²) in [6.07, 6.45) is 1.91. The molecule has 3 N–H and O–H groups in total. The second-order valence-corrected chi connectivity index (χ2v) is 8.27. The Morgan fingerprint density at radius 3 is 2.68 bits per heavy atom. The summed E-state index contributed by atoms with van der Waals surface area (Å²) in [7, 11) is 0. The van der Waals surface area contributed by atoms with Crippen LogP contribution in [0.15, 0.2) is 36.4 Å². The lowest BCUT2D eigenvalue weighted by molar-refractivity contribution is 0.0693. The Labute approximate surface area is 166 Å². The highest BCUT2D eigenvalue weighted by Crippen LogP contribution is 2.31. The minimum atomic E-state index is -0.929. The number of nitrogens with zero attached hydrogens (tertiary/aromatic N) is 2. The molecule has 1 aromatic heterocycles. The summed E-state index contributed by atoms with van der Waals surface area (Å²) in [4.78, 5) is 30.4. The Morgan fingerprint density at radius 2 is 1.96 bits per heavy atom. The largest absolute Gasteiger partial charge is 0.478 e. The zero-order valence-electron chi connectivity index (χ0n) is 15.5. The van der Waals surface area contributed by atoms with Crippen LogP contribution in [0.1, 0.15) is 50.6 Å². The zero-order chi connectivity index (χ0) is 19.8. The first-order valence-corrected chi connectivity index (χ1v) is 10.0. The van der Waals surface area contributed by atoms with Gasteiger partial charge in [-0.2, -0.15) is 0 Å². The molecule has 0 saturated carbocycles. The van der Waals surface area contributed by atoms with Gasteiger partial charge in [0.15, 0.2) is 5.13 Å². The molecule has 28 heavy (non-hydrogen) atoms. The van der Waals surface area contributed by atoms with Gasteiger partial charge in [0, 0.05) is 24.6 Å². The number of aryl methyl sites for hydroxylation is 1. The summed E-state index contributed by atoms with van der Waals surface area (Å²) in [6, 6.07) is 10.7. The number of amides is 1. The number of carbonyl (C=O) groups is 2. The number of aromatic carboxylic acids is 1. The Balaban J connectivity index is 1.55. The van der Waals surface area contributed by atoms with Gasteiger partial charge >= 0.3 is 5.97 Å². The summed E-state index contributed by atoms with van der Waals surface area (Å²) in [5, 5.41) is 9.57. The van der Waals surface area contributed by atoms with Crippen LogP contribution in [-0.4, -0.2) is 40.0 Å². The number of carbonyl (C=O) groups excluding carboxylic acids is 1. The monoisotopic (exact) mass is 395 g/mol. The van der Waals surface area contributed by atoms with Crippen LogP contribution in [0.4, 0.5) is 5.13 Å². The smallest absolute Gasteiger partial charge is 0.335 e. The van der Waals surface area contributed by atoms with Crippen molar-refractivity contribution in [1.29, 1.82) is 0 Å². The highest BCUT2D eigenvalue weighted by Gasteiger charge is 2.26. The number of piperidine rings is 1. The molecule has 1 amide bonds. The Kier molecular flexibility index (Phi) is 4.77. The predicted octanol–water partition coefficient (Wildman–Crippen LogP) is 3.90. The molecular formula is C21H21N3O3S. The summed E-state index contributed by atoms with van der Waals surface area (Å²) in [5.41, 5.74) is 9.64. The van der Waals surface area contributed by atoms with E-state index in [2.05, 4.69) is 4.98 Å². The number of rotatable bonds is 3. The van der Waals surface area contributed by atoms with E-state index in [1.165, 1.54) is 11.3 Å². The number of thiazole rings is 1. The Bertz CT molecular complexity index is 1060. The molecule has 3 aromatic rings. The first-order chi connectivity index (χ1) is 13.4. The van der Waals surface area contributed by atoms with Crippen molar-refractivity contribution in [1.82, 2.24) is 9.88 Å². The van der Waals surface area contributed by atoms with Crippen molar-refractivity contribution >= 4 is 38.6 Å². The van der Waals surface area contributed by atoms with Gasteiger partial charge in [0.25, 0.3) is 5.91 Å². The van der Waals surface area contributed by atoms with Gasteiger partial charge in [-0.3, -0.25) is 4.79 Å². The van der Waals surface area contributed by atoms with Gasteiger partial charge in [-0.1, -0.05) is 23.5 Å². The fourth-order valence-corrected chi connectivity index (χ4v) is 4.70. The maximum atomic E-state index is 13.1. The molecule has 0 aliphatic carbocycles. The number of fused-ring (bicyclic) bond motifs is 1. The van der Waals surface area contributed by atoms with Crippen LogP contribution in [-0.2, 0) is 0 Å². The quantitative estimate of drug-likeness (QED) is 0.701. The predicted molar refractivity (Wildman–Crippen MR) is 110 cm³/mol. The number of anilines is 1. The zero-order valence-corrected chi connectivity index (χ0v) is 16.3. The number of benzene rings is 2. The fraction of sp³-hybridized carbons (Fsp3) is 0.286. The third kappa shape index (κ3) is 3.45. The van der Waals surface area contributed by atoms with Crippen molar-refractivity contribution < 1.29 is 14.7 Å². The van der Waals surface area contributed by atoms with E-state index in [0.29, 0.717) is 17.2 Å². The van der Waals surface area contributed by atoms with E-state index in [-0.39, 0.29) is 17.4 Å². The van der Waals surface area contributed by atoms with Gasteiger partial charge in [-0.25, -0.2) is 9.78 Å². The van der Waals surface area contributed by atoms with E-state index in [4.69, 9.17) is 10.8 Å². The molecule has 1 atom stereocenters. The number of nitrogen functional groups attached to an aromatic ring is 1. The standard InChI is InChI=1S/C21H21N3O3S/c1-12-9-16(10-17-18(12)23-21(22)28-17)19(25)24-8-2-3-15(11-24)13-4-6-14(7-5-13)20(26)27/h4-7,9-10,15H,2-3,8,11H2,1H3,(H2,22,23)(H,26,27)/t15-/m0/s1. The molecule has 1 fully saturated rings. The molecule has 1 aliphatic rings. The summed E-state index contributed by atoms with van der Waals surface area (Å²) < 4.78 is 0.929. The third-order valence-electron chi connectivity index (χ3n) is 5.29. The molecule has 0 spiro atoms. The van der Waals surface area contributed by atoms with E-state index in [1.54, 1.807) is 12.1 Å². The molecule has 1 aliphatic heterocycles. The van der Waals surface area contributed by atoms with Crippen LogP contribution in [0.3, 0.4) is 0 Å². The number of aromatic nitrogens is 1. The number of hydrogen-bond acceptors (Lipinski definition) is 5. The van der Waals surface area contributed by atoms with Gasteiger partial charge in [-0.05, 0) is 55.2 Å². The van der Waals surface area contributed by atoms with Gasteiger partial charge in [0.05, 0.1) is 15.8 Å². The first kappa shape index (κ1) is 18.4. The summed E-state index contributed by atoms with van der Waals surface area (Å²) in [5.74, 6) is -0.699. The molecule has 0 unspecified atom stereocenters. The first-order valence-electron chi connectivity index (χ1n) is 9.21. The second kappa shape index (κ2) is 7.24. The van der Waals surface area contributed by atoms with E-state index in [0.717, 1.165) is 40.7 Å². The van der Waals surface area contributed by atoms with Gasteiger partial charge in [0.2, 0.25) is 0 Å². The van der Waals surface area contributed by atoms with Crippen LogP contribution >= 0.6 is 11.3 Å². The number of carboxylic acid groups (broad SMARTS) is 1. The van der Waals surface area contributed by atoms with Crippen molar-refractivity contribution in [3.63, 3.8) is 0 Å². The molecule has 4 rings (SSSR count). The van der Waals surface area contributed by atoms with Crippen molar-refractivity contribution in [2.75, 3.05) is 18.8 Å². The fourth-order valence-electron chi connectivity index (χ4n) is 3.85. The third-order valence-corrected chi connectivity index (χ3v) is 6.12. The molecule has 1 saturated heterocycles. The topological polar surface area (TPSA) is 96.5 Å². The van der Waals surface area contributed by atoms with Crippen molar-refractivity contribution in [3.8, 4) is 0 Å². The lowest BCUT2D eigenvalue weighted by Gasteiger charge is -2.33. The normalized spacial score (nSPS) is 17.0. The number of carboxylic acids is 1. The van der Waals surface area contributed by atoms with Gasteiger partial charge in [0.1, 0.15) is 0 Å². The van der Waals surface area contributed by atoms with Gasteiger partial charge < -0.3 is 15.7 Å². The molecule has 0 radical (unpaired) electrons. The molecular weight excluding hydrogens is 374 g/mol. The Morgan fingerprint density at radius 1 is 1.21 bits per heavy atom. The molecule has 144 valence electrons. The highest BCUT2D eigenvalue weighted by atomic mass is 32.1. The van der Waals surface area contributed by atoms with Crippen molar-refractivity contribution in [3.05, 3.63) is 58.7 Å². The van der Waals surface area contributed by atoms with Crippen LogP contribution in [0, 0.1) is 6.92 Å². The van der Waals surface area contributed by atoms with Crippen molar-refractivity contribution in [2.24, 2.45) is 0 Å². The average molecular weight is 395 g/mol. The van der Waals surface area contributed by atoms with Gasteiger partial charge in [-0.15, -0.1) is 0 Å². The summed E-state index contributed by atoms with van der Waals surface area (Å²) >= 11 is 1.39. The molecule has 7 heteroatoms. The number of nitrogens with two attached hydrogens (primary N) is 1.